The zero-order chi connectivity index (χ0) is 20.6. The van der Waals surface area contributed by atoms with Crippen LogP contribution in [0.1, 0.15) is 67.8 Å². The Bertz CT molecular complexity index is 685. The molecule has 160 valence electrons. The monoisotopic (exact) mass is 400 g/mol. The number of piperidine rings is 1. The summed E-state index contributed by atoms with van der Waals surface area (Å²) in [5.41, 5.74) is 1.86. The summed E-state index contributed by atoms with van der Waals surface area (Å²) in [6.07, 6.45) is 5.64. The molecule has 1 unspecified atom stereocenters. The van der Waals surface area contributed by atoms with Crippen LogP contribution in [0.15, 0.2) is 24.3 Å². The fourth-order valence-electron chi connectivity index (χ4n) is 4.32. The summed E-state index contributed by atoms with van der Waals surface area (Å²) in [6.45, 7) is 9.64. The van der Waals surface area contributed by atoms with E-state index in [1.807, 2.05) is 36.9 Å². The summed E-state index contributed by atoms with van der Waals surface area (Å²) < 4.78 is 0. The van der Waals surface area contributed by atoms with E-state index in [9.17, 15) is 9.59 Å². The number of benzene rings is 1. The first kappa shape index (κ1) is 21.6. The van der Waals surface area contributed by atoms with Crippen LogP contribution >= 0.6 is 0 Å². The number of carbonyl (C=O) groups is 2. The maximum absolute atomic E-state index is 12.6. The van der Waals surface area contributed by atoms with Gasteiger partial charge in [0, 0.05) is 37.2 Å². The third kappa shape index (κ3) is 6.46. The maximum Gasteiger partial charge on any atom is 0.317 e. The van der Waals surface area contributed by atoms with Gasteiger partial charge in [0.25, 0.3) is 5.91 Å². The zero-order valence-electron chi connectivity index (χ0n) is 18.0. The van der Waals surface area contributed by atoms with Crippen molar-refractivity contribution in [3.05, 3.63) is 35.4 Å². The summed E-state index contributed by atoms with van der Waals surface area (Å²) in [5, 5.41) is 6.04. The molecule has 0 aliphatic carbocycles. The molecule has 1 atom stereocenters. The average Bonchev–Trinajstić information content (AvgIpc) is 3.24. The fraction of sp³-hybridized carbons (Fsp3) is 0.652. The summed E-state index contributed by atoms with van der Waals surface area (Å²) >= 11 is 0. The van der Waals surface area contributed by atoms with Crippen molar-refractivity contribution in [3.8, 4) is 0 Å². The van der Waals surface area contributed by atoms with Crippen LogP contribution in [0.3, 0.4) is 0 Å². The van der Waals surface area contributed by atoms with Crippen LogP contribution in [0, 0.1) is 0 Å². The number of likely N-dealkylation sites (tertiary alicyclic amines) is 2. The second-order valence-electron chi connectivity index (χ2n) is 8.67. The standard InChI is InChI=1S/C23H36N4O2/c1-18(2)25-23(29)27-15-6-10-21(17-27)19-8-5-9-20(16-19)22(28)24-11-7-14-26-12-3-4-13-26/h5,8-9,16,18,21H,3-4,6-7,10-15,17H2,1-2H3,(H,24,28)(H,25,29). The van der Waals surface area contributed by atoms with Crippen LogP contribution < -0.4 is 10.6 Å². The minimum Gasteiger partial charge on any atom is -0.352 e. The molecule has 0 radical (unpaired) electrons. The van der Waals surface area contributed by atoms with E-state index in [2.05, 4.69) is 21.6 Å². The third-order valence-electron chi connectivity index (χ3n) is 5.88. The minimum absolute atomic E-state index is 0.00140. The Morgan fingerprint density at radius 3 is 2.69 bits per heavy atom. The van der Waals surface area contributed by atoms with Gasteiger partial charge in [-0.3, -0.25) is 4.79 Å². The summed E-state index contributed by atoms with van der Waals surface area (Å²) in [7, 11) is 0. The highest BCUT2D eigenvalue weighted by Gasteiger charge is 2.25. The Labute approximate surface area is 175 Å². The molecular weight excluding hydrogens is 364 g/mol. The van der Waals surface area contributed by atoms with Gasteiger partial charge in [0.05, 0.1) is 0 Å². The molecule has 0 bridgehead atoms. The van der Waals surface area contributed by atoms with Crippen molar-refractivity contribution in [1.82, 2.24) is 20.4 Å². The van der Waals surface area contributed by atoms with Gasteiger partial charge in [-0.2, -0.15) is 0 Å². The van der Waals surface area contributed by atoms with Gasteiger partial charge in [-0.1, -0.05) is 12.1 Å². The highest BCUT2D eigenvalue weighted by atomic mass is 16.2. The molecule has 0 aromatic heterocycles. The fourth-order valence-corrected chi connectivity index (χ4v) is 4.32. The smallest absolute Gasteiger partial charge is 0.317 e. The number of amides is 3. The molecule has 1 aromatic carbocycles. The molecule has 29 heavy (non-hydrogen) atoms. The first-order valence-electron chi connectivity index (χ1n) is 11.2. The van der Waals surface area contributed by atoms with Crippen molar-refractivity contribution >= 4 is 11.9 Å². The Balaban J connectivity index is 1.51. The zero-order valence-corrected chi connectivity index (χ0v) is 18.0. The van der Waals surface area contributed by atoms with E-state index < -0.39 is 0 Å². The van der Waals surface area contributed by atoms with Gasteiger partial charge in [0.1, 0.15) is 0 Å². The number of hydrogen-bond acceptors (Lipinski definition) is 3. The van der Waals surface area contributed by atoms with Gasteiger partial charge < -0.3 is 20.4 Å². The molecule has 0 saturated carbocycles. The molecule has 3 rings (SSSR count). The molecule has 2 saturated heterocycles. The van der Waals surface area contributed by atoms with Crippen LogP contribution in [0.5, 0.6) is 0 Å². The van der Waals surface area contributed by atoms with E-state index in [-0.39, 0.29) is 23.9 Å². The van der Waals surface area contributed by atoms with Crippen LogP contribution in [0.25, 0.3) is 0 Å². The summed E-state index contributed by atoms with van der Waals surface area (Å²) in [6, 6.07) is 8.08. The predicted octanol–water partition coefficient (Wildman–Crippen LogP) is 3.20. The van der Waals surface area contributed by atoms with Gasteiger partial charge in [0.2, 0.25) is 0 Å². The van der Waals surface area contributed by atoms with Crippen LogP contribution in [0.4, 0.5) is 4.79 Å². The van der Waals surface area contributed by atoms with Gasteiger partial charge in [-0.25, -0.2) is 4.79 Å². The Morgan fingerprint density at radius 1 is 1.14 bits per heavy atom. The average molecular weight is 401 g/mol. The van der Waals surface area contributed by atoms with E-state index in [0.717, 1.165) is 37.9 Å². The molecule has 1 aromatic rings. The number of carbonyl (C=O) groups excluding carboxylic acids is 2. The van der Waals surface area contributed by atoms with Crippen molar-refractivity contribution in [1.29, 1.82) is 0 Å². The molecule has 2 aliphatic heterocycles. The SMILES string of the molecule is CC(C)NC(=O)N1CCCC(c2cccc(C(=O)NCCCN3CCCC3)c2)C1. The number of rotatable bonds is 7. The highest BCUT2D eigenvalue weighted by Crippen LogP contribution is 2.27. The van der Waals surface area contributed by atoms with Crippen molar-refractivity contribution < 1.29 is 9.59 Å². The Hall–Kier alpha value is -2.08. The van der Waals surface area contributed by atoms with E-state index in [1.165, 1.54) is 25.9 Å². The molecule has 6 heteroatoms. The third-order valence-corrected chi connectivity index (χ3v) is 5.88. The summed E-state index contributed by atoms with van der Waals surface area (Å²) in [5.74, 6) is 0.281. The van der Waals surface area contributed by atoms with Crippen molar-refractivity contribution in [2.24, 2.45) is 0 Å². The first-order chi connectivity index (χ1) is 14.0. The van der Waals surface area contributed by atoms with Crippen molar-refractivity contribution in [2.45, 2.75) is 57.9 Å². The van der Waals surface area contributed by atoms with Crippen LogP contribution in [0.2, 0.25) is 0 Å². The topological polar surface area (TPSA) is 64.7 Å². The Kier molecular flexibility index (Phi) is 7.92. The van der Waals surface area contributed by atoms with Crippen molar-refractivity contribution in [2.75, 3.05) is 39.3 Å². The van der Waals surface area contributed by atoms with E-state index in [0.29, 0.717) is 18.7 Å². The number of nitrogens with one attached hydrogen (secondary N) is 2. The molecule has 2 aliphatic rings. The number of hydrogen-bond donors (Lipinski definition) is 2. The molecule has 6 nitrogen and oxygen atoms in total. The van der Waals surface area contributed by atoms with Gasteiger partial charge in [0.15, 0.2) is 0 Å². The largest absolute Gasteiger partial charge is 0.352 e. The molecule has 2 N–H and O–H groups in total. The lowest BCUT2D eigenvalue weighted by molar-refractivity contribution is 0.0951. The maximum atomic E-state index is 12.6. The van der Waals surface area contributed by atoms with Gasteiger partial charge in [-0.15, -0.1) is 0 Å². The lowest BCUT2D eigenvalue weighted by atomic mass is 9.89. The van der Waals surface area contributed by atoms with E-state index >= 15 is 0 Å². The molecular formula is C23H36N4O2. The van der Waals surface area contributed by atoms with Crippen LogP contribution in [-0.2, 0) is 0 Å². The van der Waals surface area contributed by atoms with E-state index in [4.69, 9.17) is 0 Å². The van der Waals surface area contributed by atoms with Gasteiger partial charge >= 0.3 is 6.03 Å². The highest BCUT2D eigenvalue weighted by molar-refractivity contribution is 5.94. The lowest BCUT2D eigenvalue weighted by Crippen LogP contribution is -2.47. The summed E-state index contributed by atoms with van der Waals surface area (Å²) in [4.78, 5) is 29.3. The molecule has 3 amide bonds. The van der Waals surface area contributed by atoms with Crippen molar-refractivity contribution in [3.63, 3.8) is 0 Å². The second-order valence-corrected chi connectivity index (χ2v) is 8.67. The van der Waals surface area contributed by atoms with E-state index in [1.54, 1.807) is 0 Å². The van der Waals surface area contributed by atoms with Crippen LogP contribution in [-0.4, -0.2) is 67.0 Å². The molecule has 0 spiro atoms. The number of nitrogens with zero attached hydrogens (tertiary/aromatic N) is 2. The Morgan fingerprint density at radius 2 is 1.93 bits per heavy atom. The quantitative estimate of drug-likeness (QED) is 0.691. The lowest BCUT2D eigenvalue weighted by Gasteiger charge is -2.33. The van der Waals surface area contributed by atoms with Gasteiger partial charge in [-0.05, 0) is 83.3 Å². The second kappa shape index (κ2) is 10.6. The predicted molar refractivity (Wildman–Crippen MR) is 116 cm³/mol. The first-order valence-corrected chi connectivity index (χ1v) is 11.2. The number of urea groups is 1. The molecule has 2 fully saturated rings. The normalized spacial score (nSPS) is 20.1. The minimum atomic E-state index is -0.00140. The molecule has 2 heterocycles.